The molecule has 0 spiro atoms. The van der Waals surface area contributed by atoms with Crippen molar-refractivity contribution in [1.29, 1.82) is 0 Å². The van der Waals surface area contributed by atoms with Crippen LogP contribution in [0.2, 0.25) is 0 Å². The lowest BCUT2D eigenvalue weighted by Gasteiger charge is -2.34. The fourth-order valence-electron chi connectivity index (χ4n) is 5.33. The van der Waals surface area contributed by atoms with E-state index in [1.165, 1.54) is 19.3 Å². The molecule has 6 nitrogen and oxygen atoms in total. The minimum absolute atomic E-state index is 0.0740. The molecule has 3 fully saturated rings. The Morgan fingerprint density at radius 3 is 2.79 bits per heavy atom. The number of aromatic nitrogens is 2. The molecule has 3 aliphatic rings. The van der Waals surface area contributed by atoms with E-state index in [1.807, 2.05) is 16.9 Å². The number of hydrogen-bond acceptors (Lipinski definition) is 3. The monoisotopic (exact) mass is 332 g/mol. The highest BCUT2D eigenvalue weighted by atomic mass is 16.3. The number of nitrogens with one attached hydrogen (secondary N) is 2. The molecule has 1 heterocycles. The normalized spacial score (nSPS) is 38.2. The highest BCUT2D eigenvalue weighted by Gasteiger charge is 2.47. The zero-order valence-corrected chi connectivity index (χ0v) is 14.1. The van der Waals surface area contributed by atoms with Gasteiger partial charge in [-0.2, -0.15) is 5.10 Å². The summed E-state index contributed by atoms with van der Waals surface area (Å²) in [6.07, 6.45) is 11.7. The van der Waals surface area contributed by atoms with Gasteiger partial charge in [0.25, 0.3) is 0 Å². The first kappa shape index (κ1) is 15.9. The fourth-order valence-corrected chi connectivity index (χ4v) is 5.33. The second kappa shape index (κ2) is 6.75. The van der Waals surface area contributed by atoms with Crippen LogP contribution in [0.25, 0.3) is 0 Å². The third-order valence-electron chi connectivity index (χ3n) is 6.51. The minimum Gasteiger partial charge on any atom is -0.396 e. The average Bonchev–Trinajstić information content (AvgIpc) is 3.32. The minimum atomic E-state index is -0.0740. The SMILES string of the molecule is O=C(NC1CCCCC1n1cccn1)NC1C2CCC(C2)C1CO. The van der Waals surface area contributed by atoms with Crippen molar-refractivity contribution in [1.82, 2.24) is 20.4 Å². The quantitative estimate of drug-likeness (QED) is 0.790. The molecule has 3 N–H and O–H groups in total. The smallest absolute Gasteiger partial charge is 0.315 e. The number of carbonyl (C=O) groups is 1. The Hall–Kier alpha value is -1.56. The standard InChI is InChI=1S/C18H28N4O2/c23-11-14-12-6-7-13(10-12)17(14)21-18(24)20-15-4-1-2-5-16(15)22-9-3-8-19-22/h3,8-9,12-17,23H,1-2,4-7,10-11H2,(H2,20,21,24). The van der Waals surface area contributed by atoms with Crippen LogP contribution in [0.1, 0.15) is 51.0 Å². The second-order valence-corrected chi connectivity index (χ2v) is 7.77. The fraction of sp³-hybridized carbons (Fsp3) is 0.778. The van der Waals surface area contributed by atoms with Crippen molar-refractivity contribution < 1.29 is 9.90 Å². The van der Waals surface area contributed by atoms with E-state index in [0.717, 1.165) is 25.7 Å². The van der Waals surface area contributed by atoms with Crippen molar-refractivity contribution in [2.75, 3.05) is 6.61 Å². The van der Waals surface area contributed by atoms with Gasteiger partial charge in [-0.25, -0.2) is 4.79 Å². The van der Waals surface area contributed by atoms with Crippen LogP contribution < -0.4 is 10.6 Å². The zero-order valence-electron chi connectivity index (χ0n) is 14.1. The summed E-state index contributed by atoms with van der Waals surface area (Å²) in [4.78, 5) is 12.6. The molecule has 0 saturated heterocycles. The Labute approximate surface area is 143 Å². The first-order chi connectivity index (χ1) is 11.8. The molecule has 1 aromatic rings. The number of nitrogens with zero attached hydrogens (tertiary/aromatic N) is 2. The number of fused-ring (bicyclic) bond motifs is 2. The van der Waals surface area contributed by atoms with Gasteiger partial charge in [-0.1, -0.05) is 12.8 Å². The highest BCUT2D eigenvalue weighted by Crippen LogP contribution is 2.48. The van der Waals surface area contributed by atoms with Crippen LogP contribution >= 0.6 is 0 Å². The molecule has 0 aromatic carbocycles. The van der Waals surface area contributed by atoms with Crippen molar-refractivity contribution in [3.63, 3.8) is 0 Å². The third kappa shape index (κ3) is 2.92. The molecule has 2 amide bonds. The second-order valence-electron chi connectivity index (χ2n) is 7.77. The zero-order chi connectivity index (χ0) is 16.5. The molecule has 3 saturated carbocycles. The predicted octanol–water partition coefficient (Wildman–Crippen LogP) is 2.07. The summed E-state index contributed by atoms with van der Waals surface area (Å²) in [5, 5.41) is 20.4. The highest BCUT2D eigenvalue weighted by molar-refractivity contribution is 5.74. The van der Waals surface area contributed by atoms with Gasteiger partial charge in [0.1, 0.15) is 0 Å². The molecule has 2 bridgehead atoms. The topological polar surface area (TPSA) is 79.2 Å². The van der Waals surface area contributed by atoms with Crippen molar-refractivity contribution in [2.45, 2.75) is 63.1 Å². The Kier molecular flexibility index (Phi) is 4.48. The Morgan fingerprint density at radius 1 is 1.17 bits per heavy atom. The molecular weight excluding hydrogens is 304 g/mol. The first-order valence-electron chi connectivity index (χ1n) is 9.43. The lowest BCUT2D eigenvalue weighted by molar-refractivity contribution is 0.142. The average molecular weight is 332 g/mol. The van der Waals surface area contributed by atoms with Gasteiger partial charge in [-0.15, -0.1) is 0 Å². The number of amides is 2. The Morgan fingerprint density at radius 2 is 2.00 bits per heavy atom. The summed E-state index contributed by atoms with van der Waals surface area (Å²) in [7, 11) is 0. The van der Waals surface area contributed by atoms with E-state index < -0.39 is 0 Å². The predicted molar refractivity (Wildman–Crippen MR) is 90.4 cm³/mol. The van der Waals surface area contributed by atoms with E-state index in [-0.39, 0.29) is 36.7 Å². The van der Waals surface area contributed by atoms with E-state index in [0.29, 0.717) is 11.8 Å². The molecule has 1 aromatic heterocycles. The summed E-state index contributed by atoms with van der Waals surface area (Å²) in [5.74, 6) is 1.38. The van der Waals surface area contributed by atoms with Crippen LogP contribution in [0.4, 0.5) is 4.79 Å². The summed E-state index contributed by atoms with van der Waals surface area (Å²) < 4.78 is 1.98. The summed E-state index contributed by atoms with van der Waals surface area (Å²) in [6, 6.07) is 2.38. The molecule has 4 rings (SSSR count). The molecule has 0 radical (unpaired) electrons. The van der Waals surface area contributed by atoms with Crippen LogP contribution in [0.5, 0.6) is 0 Å². The van der Waals surface area contributed by atoms with E-state index in [2.05, 4.69) is 15.7 Å². The number of rotatable bonds is 4. The number of hydrogen-bond donors (Lipinski definition) is 3. The first-order valence-corrected chi connectivity index (χ1v) is 9.43. The number of carbonyl (C=O) groups excluding carboxylic acids is 1. The van der Waals surface area contributed by atoms with Crippen LogP contribution in [-0.4, -0.2) is 39.6 Å². The van der Waals surface area contributed by atoms with Crippen molar-refractivity contribution in [2.24, 2.45) is 17.8 Å². The van der Waals surface area contributed by atoms with Gasteiger partial charge in [0, 0.05) is 31.0 Å². The van der Waals surface area contributed by atoms with Gasteiger partial charge in [-0.3, -0.25) is 4.68 Å². The molecule has 6 heteroatoms. The molecule has 3 aliphatic carbocycles. The van der Waals surface area contributed by atoms with Crippen molar-refractivity contribution in [3.05, 3.63) is 18.5 Å². The van der Waals surface area contributed by atoms with E-state index in [4.69, 9.17) is 0 Å². The van der Waals surface area contributed by atoms with Gasteiger partial charge >= 0.3 is 6.03 Å². The maximum atomic E-state index is 12.6. The summed E-state index contributed by atoms with van der Waals surface area (Å²) in [5.41, 5.74) is 0. The lowest BCUT2D eigenvalue weighted by Crippen LogP contribution is -2.53. The van der Waals surface area contributed by atoms with Gasteiger partial charge in [0.2, 0.25) is 0 Å². The van der Waals surface area contributed by atoms with Crippen LogP contribution in [0, 0.1) is 17.8 Å². The van der Waals surface area contributed by atoms with Crippen LogP contribution in [-0.2, 0) is 0 Å². The van der Waals surface area contributed by atoms with Crippen molar-refractivity contribution >= 4 is 6.03 Å². The summed E-state index contributed by atoms with van der Waals surface area (Å²) >= 11 is 0. The van der Waals surface area contributed by atoms with E-state index >= 15 is 0 Å². The molecular formula is C18H28N4O2. The van der Waals surface area contributed by atoms with E-state index in [9.17, 15) is 9.90 Å². The largest absolute Gasteiger partial charge is 0.396 e. The number of aliphatic hydroxyl groups is 1. The maximum absolute atomic E-state index is 12.6. The number of urea groups is 1. The van der Waals surface area contributed by atoms with E-state index in [1.54, 1.807) is 6.20 Å². The third-order valence-corrected chi connectivity index (χ3v) is 6.51. The maximum Gasteiger partial charge on any atom is 0.315 e. The molecule has 132 valence electrons. The summed E-state index contributed by atoms with van der Waals surface area (Å²) in [6.45, 7) is 0.186. The van der Waals surface area contributed by atoms with Crippen LogP contribution in [0.3, 0.4) is 0 Å². The Balaban J connectivity index is 1.38. The number of aliphatic hydroxyl groups excluding tert-OH is 1. The van der Waals surface area contributed by atoms with Gasteiger partial charge in [0.05, 0.1) is 12.1 Å². The molecule has 6 atom stereocenters. The van der Waals surface area contributed by atoms with Gasteiger partial charge < -0.3 is 15.7 Å². The van der Waals surface area contributed by atoms with Gasteiger partial charge in [-0.05, 0) is 50.0 Å². The lowest BCUT2D eigenvalue weighted by atomic mass is 9.85. The Bertz CT molecular complexity index is 561. The molecule has 24 heavy (non-hydrogen) atoms. The van der Waals surface area contributed by atoms with Crippen molar-refractivity contribution in [3.8, 4) is 0 Å². The molecule has 6 unspecified atom stereocenters. The van der Waals surface area contributed by atoms with Gasteiger partial charge in [0.15, 0.2) is 0 Å². The van der Waals surface area contributed by atoms with Crippen LogP contribution in [0.15, 0.2) is 18.5 Å². The molecule has 0 aliphatic heterocycles.